The smallest absolute Gasteiger partial charge is 0.323 e. The van der Waals surface area contributed by atoms with Crippen molar-refractivity contribution in [1.82, 2.24) is 9.88 Å². The van der Waals surface area contributed by atoms with Gasteiger partial charge >= 0.3 is 5.97 Å². The SMILES string of the molecule is Cc1ccc(-c2nc(C)c(C(=O)N(C)CC(=O)O)s2)o1. The van der Waals surface area contributed by atoms with Gasteiger partial charge in [-0.25, -0.2) is 4.98 Å². The maximum absolute atomic E-state index is 12.2. The molecule has 1 N–H and O–H groups in total. The Hall–Kier alpha value is -2.15. The molecule has 2 heterocycles. The van der Waals surface area contributed by atoms with E-state index in [0.717, 1.165) is 10.7 Å². The van der Waals surface area contributed by atoms with Gasteiger partial charge in [-0.1, -0.05) is 0 Å². The number of aromatic nitrogens is 1. The molecular formula is C13H14N2O4S. The van der Waals surface area contributed by atoms with Crippen LogP contribution in [0.15, 0.2) is 16.5 Å². The van der Waals surface area contributed by atoms with Crippen molar-refractivity contribution in [3.8, 4) is 10.8 Å². The van der Waals surface area contributed by atoms with Crippen LogP contribution in [0, 0.1) is 13.8 Å². The number of amides is 1. The standard InChI is InChI=1S/C13H14N2O4S/c1-7-4-5-9(19-7)12-14-8(2)11(20-12)13(18)15(3)6-10(16)17/h4-5H,6H2,1-3H3,(H,16,17). The Labute approximate surface area is 119 Å². The summed E-state index contributed by atoms with van der Waals surface area (Å²) >= 11 is 1.20. The van der Waals surface area contributed by atoms with Crippen molar-refractivity contribution >= 4 is 23.2 Å². The molecule has 0 aliphatic carbocycles. The van der Waals surface area contributed by atoms with Crippen LogP contribution >= 0.6 is 11.3 Å². The van der Waals surface area contributed by atoms with Gasteiger partial charge in [-0.2, -0.15) is 0 Å². The van der Waals surface area contributed by atoms with Crippen LogP contribution in [0.2, 0.25) is 0 Å². The lowest BCUT2D eigenvalue weighted by Gasteiger charge is -2.13. The van der Waals surface area contributed by atoms with Gasteiger partial charge in [-0.15, -0.1) is 11.3 Å². The van der Waals surface area contributed by atoms with E-state index in [0.29, 0.717) is 21.3 Å². The minimum atomic E-state index is -1.05. The molecule has 20 heavy (non-hydrogen) atoms. The molecule has 0 aromatic carbocycles. The number of carboxylic acid groups (broad SMARTS) is 1. The lowest BCUT2D eigenvalue weighted by atomic mass is 10.3. The maximum Gasteiger partial charge on any atom is 0.323 e. The van der Waals surface area contributed by atoms with Gasteiger partial charge in [0.1, 0.15) is 17.2 Å². The largest absolute Gasteiger partial charge is 0.480 e. The Morgan fingerprint density at radius 2 is 2.10 bits per heavy atom. The molecule has 7 heteroatoms. The maximum atomic E-state index is 12.2. The van der Waals surface area contributed by atoms with Crippen molar-refractivity contribution in [2.24, 2.45) is 0 Å². The number of furan rings is 1. The number of rotatable bonds is 4. The van der Waals surface area contributed by atoms with E-state index in [1.165, 1.54) is 18.4 Å². The zero-order valence-corrected chi connectivity index (χ0v) is 12.2. The minimum Gasteiger partial charge on any atom is -0.480 e. The second-order valence-corrected chi connectivity index (χ2v) is 5.40. The van der Waals surface area contributed by atoms with Crippen molar-refractivity contribution in [1.29, 1.82) is 0 Å². The molecule has 0 fully saturated rings. The Bertz CT molecular complexity index is 659. The van der Waals surface area contributed by atoms with Gasteiger partial charge in [0.15, 0.2) is 10.8 Å². The summed E-state index contributed by atoms with van der Waals surface area (Å²) in [4.78, 5) is 28.7. The third-order valence-electron chi connectivity index (χ3n) is 2.66. The summed E-state index contributed by atoms with van der Waals surface area (Å²) in [5.74, 6) is -0.0268. The van der Waals surface area contributed by atoms with Gasteiger partial charge in [-0.3, -0.25) is 9.59 Å². The van der Waals surface area contributed by atoms with E-state index >= 15 is 0 Å². The number of hydrogen-bond donors (Lipinski definition) is 1. The van der Waals surface area contributed by atoms with Crippen LogP contribution in [-0.2, 0) is 4.79 Å². The van der Waals surface area contributed by atoms with Crippen LogP contribution in [0.3, 0.4) is 0 Å². The lowest BCUT2D eigenvalue weighted by molar-refractivity contribution is -0.137. The Morgan fingerprint density at radius 1 is 1.40 bits per heavy atom. The van der Waals surface area contributed by atoms with E-state index < -0.39 is 5.97 Å². The predicted molar refractivity (Wildman–Crippen MR) is 73.9 cm³/mol. The van der Waals surface area contributed by atoms with Crippen molar-refractivity contribution in [3.05, 3.63) is 28.5 Å². The molecule has 106 valence electrons. The number of nitrogens with zero attached hydrogens (tertiary/aromatic N) is 2. The summed E-state index contributed by atoms with van der Waals surface area (Å²) in [7, 11) is 1.45. The number of likely N-dealkylation sites (N-methyl/N-ethyl adjacent to an activating group) is 1. The van der Waals surface area contributed by atoms with E-state index in [1.54, 1.807) is 13.0 Å². The molecule has 0 spiro atoms. The summed E-state index contributed by atoms with van der Waals surface area (Å²) in [6, 6.07) is 3.62. The summed E-state index contributed by atoms with van der Waals surface area (Å²) in [5, 5.41) is 9.33. The Kier molecular flexibility index (Phi) is 3.89. The zero-order chi connectivity index (χ0) is 14.9. The number of thiazole rings is 1. The first-order chi connectivity index (χ1) is 9.38. The third kappa shape index (κ3) is 2.88. The number of carbonyl (C=O) groups excluding carboxylic acids is 1. The Balaban J connectivity index is 2.27. The Morgan fingerprint density at radius 3 is 2.65 bits per heavy atom. The van der Waals surface area contributed by atoms with E-state index in [4.69, 9.17) is 9.52 Å². The highest BCUT2D eigenvalue weighted by Gasteiger charge is 2.21. The van der Waals surface area contributed by atoms with Crippen molar-refractivity contribution in [3.63, 3.8) is 0 Å². The van der Waals surface area contributed by atoms with Gasteiger partial charge in [0.25, 0.3) is 5.91 Å². The fraction of sp³-hybridized carbons (Fsp3) is 0.308. The van der Waals surface area contributed by atoms with E-state index in [9.17, 15) is 9.59 Å². The van der Waals surface area contributed by atoms with Crippen LogP contribution < -0.4 is 0 Å². The minimum absolute atomic E-state index is 0.342. The molecule has 0 saturated carbocycles. The van der Waals surface area contributed by atoms with Crippen molar-refractivity contribution in [2.75, 3.05) is 13.6 Å². The second kappa shape index (κ2) is 5.46. The first kappa shape index (κ1) is 14.3. The molecule has 0 aliphatic rings. The monoisotopic (exact) mass is 294 g/mol. The quantitative estimate of drug-likeness (QED) is 0.934. The van der Waals surface area contributed by atoms with Gasteiger partial charge in [0.05, 0.1) is 5.69 Å². The molecule has 1 amide bonds. The predicted octanol–water partition coefficient (Wildman–Crippen LogP) is 2.18. The molecule has 0 radical (unpaired) electrons. The van der Waals surface area contributed by atoms with Crippen LogP contribution in [0.1, 0.15) is 21.1 Å². The normalized spacial score (nSPS) is 10.6. The van der Waals surface area contributed by atoms with Gasteiger partial charge in [0.2, 0.25) is 0 Å². The summed E-state index contributed by atoms with van der Waals surface area (Å²) < 4.78 is 5.47. The fourth-order valence-corrected chi connectivity index (χ4v) is 2.72. The molecule has 0 saturated heterocycles. The molecular weight excluding hydrogens is 280 g/mol. The lowest BCUT2D eigenvalue weighted by Crippen LogP contribution is -2.31. The molecule has 6 nitrogen and oxygen atoms in total. The van der Waals surface area contributed by atoms with Crippen molar-refractivity contribution < 1.29 is 19.1 Å². The first-order valence-electron chi connectivity index (χ1n) is 5.90. The van der Waals surface area contributed by atoms with Gasteiger partial charge < -0.3 is 14.4 Å². The second-order valence-electron chi connectivity index (χ2n) is 4.40. The molecule has 2 aromatic heterocycles. The number of aryl methyl sites for hydroxylation is 2. The number of aliphatic carboxylic acids is 1. The van der Waals surface area contributed by atoms with Crippen LogP contribution in [0.25, 0.3) is 10.8 Å². The highest BCUT2D eigenvalue weighted by molar-refractivity contribution is 7.17. The highest BCUT2D eigenvalue weighted by atomic mass is 32.1. The molecule has 2 rings (SSSR count). The average molecular weight is 294 g/mol. The number of carboxylic acids is 1. The van der Waals surface area contributed by atoms with E-state index in [1.807, 2.05) is 13.0 Å². The van der Waals surface area contributed by atoms with Gasteiger partial charge in [0, 0.05) is 7.05 Å². The van der Waals surface area contributed by atoms with E-state index in [2.05, 4.69) is 4.98 Å². The van der Waals surface area contributed by atoms with E-state index in [-0.39, 0.29) is 12.5 Å². The van der Waals surface area contributed by atoms with Crippen molar-refractivity contribution in [2.45, 2.75) is 13.8 Å². The topological polar surface area (TPSA) is 83.6 Å². The van der Waals surface area contributed by atoms with Crippen LogP contribution in [0.4, 0.5) is 0 Å². The summed E-state index contributed by atoms with van der Waals surface area (Å²) in [5.41, 5.74) is 0.571. The zero-order valence-electron chi connectivity index (χ0n) is 11.3. The average Bonchev–Trinajstić information content (AvgIpc) is 2.93. The number of hydrogen-bond acceptors (Lipinski definition) is 5. The number of carbonyl (C=O) groups is 2. The van der Waals surface area contributed by atoms with Gasteiger partial charge in [-0.05, 0) is 26.0 Å². The summed E-state index contributed by atoms with van der Waals surface area (Å²) in [6.07, 6.45) is 0. The van der Waals surface area contributed by atoms with Crippen LogP contribution in [0.5, 0.6) is 0 Å². The molecule has 0 bridgehead atoms. The molecule has 0 aliphatic heterocycles. The fourth-order valence-electron chi connectivity index (χ4n) is 1.70. The molecule has 0 unspecified atom stereocenters. The summed E-state index contributed by atoms with van der Waals surface area (Å²) in [6.45, 7) is 3.21. The highest BCUT2D eigenvalue weighted by Crippen LogP contribution is 2.29. The van der Waals surface area contributed by atoms with Crippen LogP contribution in [-0.4, -0.2) is 40.5 Å². The molecule has 0 atom stereocenters. The third-order valence-corrected chi connectivity index (χ3v) is 3.82. The molecule has 2 aromatic rings. The first-order valence-corrected chi connectivity index (χ1v) is 6.71.